The smallest absolute Gasteiger partial charge is 0.255 e. The number of hydrogen-bond donors (Lipinski definition) is 2. The number of hydrogen-bond acceptors (Lipinski definition) is 3. The highest BCUT2D eigenvalue weighted by Gasteiger charge is 2.09. The molecule has 0 aliphatic carbocycles. The van der Waals surface area contributed by atoms with E-state index < -0.39 is 0 Å². The van der Waals surface area contributed by atoms with Crippen molar-refractivity contribution < 1.29 is 14.0 Å². The number of nitrogens with one attached hydrogen (secondary N) is 2. The van der Waals surface area contributed by atoms with Crippen LogP contribution in [0.4, 0.5) is 5.69 Å². The third kappa shape index (κ3) is 4.49. The first-order valence-electron chi connectivity index (χ1n) is 7.59. The Morgan fingerprint density at radius 3 is 2.12 bits per heavy atom. The Labute approximate surface area is 149 Å². The van der Waals surface area contributed by atoms with Crippen molar-refractivity contribution in [3.8, 4) is 0 Å². The minimum atomic E-state index is -0.259. The van der Waals surface area contributed by atoms with E-state index in [9.17, 15) is 9.59 Å². The molecule has 2 aromatic carbocycles. The van der Waals surface area contributed by atoms with Gasteiger partial charge in [0.05, 0.1) is 12.8 Å². The fourth-order valence-electron chi connectivity index (χ4n) is 2.19. The van der Waals surface area contributed by atoms with Gasteiger partial charge in [-0.3, -0.25) is 9.59 Å². The van der Waals surface area contributed by atoms with Crippen molar-refractivity contribution in [2.75, 3.05) is 5.32 Å². The first-order valence-corrected chi connectivity index (χ1v) is 7.97. The Morgan fingerprint density at radius 1 is 0.880 bits per heavy atom. The topological polar surface area (TPSA) is 71.3 Å². The maximum atomic E-state index is 12.2. The van der Waals surface area contributed by atoms with Gasteiger partial charge in [0.2, 0.25) is 0 Å². The second-order valence-electron chi connectivity index (χ2n) is 5.30. The summed E-state index contributed by atoms with van der Waals surface area (Å²) < 4.78 is 5.16. The van der Waals surface area contributed by atoms with Crippen molar-refractivity contribution in [1.29, 1.82) is 0 Å². The molecule has 0 spiro atoms. The summed E-state index contributed by atoms with van der Waals surface area (Å²) in [4.78, 5) is 24.3. The van der Waals surface area contributed by atoms with Gasteiger partial charge in [-0.2, -0.15) is 0 Å². The third-order valence-corrected chi connectivity index (χ3v) is 3.77. The molecular formula is C19H15ClN2O3. The van der Waals surface area contributed by atoms with E-state index in [1.54, 1.807) is 66.9 Å². The van der Waals surface area contributed by atoms with Crippen molar-refractivity contribution in [2.45, 2.75) is 6.54 Å². The predicted octanol–water partition coefficient (Wildman–Crippen LogP) is 4.12. The lowest BCUT2D eigenvalue weighted by atomic mass is 10.1. The molecule has 0 aliphatic rings. The molecule has 0 saturated heterocycles. The van der Waals surface area contributed by atoms with E-state index in [4.69, 9.17) is 16.0 Å². The van der Waals surface area contributed by atoms with Gasteiger partial charge in [0.15, 0.2) is 0 Å². The summed E-state index contributed by atoms with van der Waals surface area (Å²) in [5.74, 6) is 0.179. The second kappa shape index (κ2) is 7.68. The molecule has 1 heterocycles. The summed E-state index contributed by atoms with van der Waals surface area (Å²) in [5, 5.41) is 6.12. The average molecular weight is 355 g/mol. The van der Waals surface area contributed by atoms with Gasteiger partial charge in [-0.05, 0) is 60.7 Å². The van der Waals surface area contributed by atoms with E-state index in [1.165, 1.54) is 0 Å². The first-order chi connectivity index (χ1) is 12.1. The maximum Gasteiger partial charge on any atom is 0.255 e. The molecule has 2 amide bonds. The van der Waals surface area contributed by atoms with Crippen LogP contribution in [0.1, 0.15) is 26.5 Å². The Bertz CT molecular complexity index is 857. The van der Waals surface area contributed by atoms with Crippen LogP contribution in [0.3, 0.4) is 0 Å². The van der Waals surface area contributed by atoms with Gasteiger partial charge >= 0.3 is 0 Å². The molecule has 0 radical (unpaired) electrons. The first kappa shape index (κ1) is 16.8. The number of benzene rings is 2. The van der Waals surface area contributed by atoms with Crippen molar-refractivity contribution >= 4 is 29.1 Å². The fraction of sp³-hybridized carbons (Fsp3) is 0.0526. The van der Waals surface area contributed by atoms with Crippen LogP contribution in [0, 0.1) is 0 Å². The van der Waals surface area contributed by atoms with Crippen molar-refractivity contribution in [2.24, 2.45) is 0 Å². The number of halogens is 1. The number of carbonyl (C=O) groups excluding carboxylic acids is 2. The van der Waals surface area contributed by atoms with Crippen LogP contribution in [-0.4, -0.2) is 11.8 Å². The van der Waals surface area contributed by atoms with Crippen LogP contribution in [0.2, 0.25) is 5.02 Å². The molecule has 126 valence electrons. The monoisotopic (exact) mass is 354 g/mol. The van der Waals surface area contributed by atoms with Gasteiger partial charge in [0.1, 0.15) is 5.76 Å². The Balaban J connectivity index is 1.60. The molecule has 3 aromatic rings. The zero-order chi connectivity index (χ0) is 17.6. The summed E-state index contributed by atoms with van der Waals surface area (Å²) in [6, 6.07) is 16.8. The normalized spacial score (nSPS) is 10.3. The van der Waals surface area contributed by atoms with E-state index in [-0.39, 0.29) is 11.8 Å². The van der Waals surface area contributed by atoms with Crippen LogP contribution in [-0.2, 0) is 6.54 Å². The van der Waals surface area contributed by atoms with Gasteiger partial charge in [0.25, 0.3) is 11.8 Å². The molecule has 0 unspecified atom stereocenters. The van der Waals surface area contributed by atoms with E-state index >= 15 is 0 Å². The SMILES string of the molecule is O=C(NCc1ccco1)c1ccc(C(=O)Nc2ccc(Cl)cc2)cc1. The maximum absolute atomic E-state index is 12.2. The molecule has 3 rings (SSSR count). The van der Waals surface area contributed by atoms with Gasteiger partial charge in [0, 0.05) is 21.8 Å². The number of anilines is 1. The number of amides is 2. The molecule has 0 fully saturated rings. The molecule has 5 nitrogen and oxygen atoms in total. The van der Waals surface area contributed by atoms with Gasteiger partial charge in [-0.25, -0.2) is 0 Å². The van der Waals surface area contributed by atoms with Crippen LogP contribution >= 0.6 is 11.6 Å². The standard InChI is InChI=1S/C19H15ClN2O3/c20-15-7-9-16(10-8-15)22-19(24)14-5-3-13(4-6-14)18(23)21-12-17-2-1-11-25-17/h1-11H,12H2,(H,21,23)(H,22,24). The summed E-state index contributed by atoms with van der Waals surface area (Å²) in [6.07, 6.45) is 1.55. The van der Waals surface area contributed by atoms with Crippen LogP contribution in [0.5, 0.6) is 0 Å². The predicted molar refractivity (Wildman–Crippen MR) is 95.7 cm³/mol. The number of carbonyl (C=O) groups is 2. The lowest BCUT2D eigenvalue weighted by Crippen LogP contribution is -2.22. The molecule has 0 saturated carbocycles. The highest BCUT2D eigenvalue weighted by atomic mass is 35.5. The summed E-state index contributed by atoms with van der Waals surface area (Å²) in [5.41, 5.74) is 1.57. The number of rotatable bonds is 5. The molecule has 6 heteroatoms. The molecular weight excluding hydrogens is 340 g/mol. The summed E-state index contributed by atoms with van der Waals surface area (Å²) in [7, 11) is 0. The van der Waals surface area contributed by atoms with Crippen LogP contribution in [0.15, 0.2) is 71.3 Å². The molecule has 0 bridgehead atoms. The minimum absolute atomic E-state index is 0.235. The van der Waals surface area contributed by atoms with Crippen LogP contribution < -0.4 is 10.6 Å². The van der Waals surface area contributed by atoms with Crippen LogP contribution in [0.25, 0.3) is 0 Å². The van der Waals surface area contributed by atoms with Crippen molar-refractivity contribution in [3.63, 3.8) is 0 Å². The van der Waals surface area contributed by atoms with Gasteiger partial charge < -0.3 is 15.1 Å². The lowest BCUT2D eigenvalue weighted by molar-refractivity contribution is 0.0946. The average Bonchev–Trinajstić information content (AvgIpc) is 3.15. The zero-order valence-electron chi connectivity index (χ0n) is 13.2. The highest BCUT2D eigenvalue weighted by Crippen LogP contribution is 2.15. The Kier molecular flexibility index (Phi) is 5.16. The zero-order valence-corrected chi connectivity index (χ0v) is 13.9. The molecule has 1 aromatic heterocycles. The summed E-state index contributed by atoms with van der Waals surface area (Å²) >= 11 is 5.81. The van der Waals surface area contributed by atoms with E-state index in [0.717, 1.165) is 0 Å². The van der Waals surface area contributed by atoms with Crippen molar-refractivity contribution in [3.05, 3.63) is 88.8 Å². The quantitative estimate of drug-likeness (QED) is 0.724. The lowest BCUT2D eigenvalue weighted by Gasteiger charge is -2.07. The van der Waals surface area contributed by atoms with Gasteiger partial charge in [-0.15, -0.1) is 0 Å². The second-order valence-corrected chi connectivity index (χ2v) is 5.74. The highest BCUT2D eigenvalue weighted by molar-refractivity contribution is 6.30. The van der Waals surface area contributed by atoms with Gasteiger partial charge in [-0.1, -0.05) is 11.6 Å². The molecule has 0 aliphatic heterocycles. The molecule has 25 heavy (non-hydrogen) atoms. The minimum Gasteiger partial charge on any atom is -0.467 e. The molecule has 2 N–H and O–H groups in total. The third-order valence-electron chi connectivity index (χ3n) is 3.51. The fourth-order valence-corrected chi connectivity index (χ4v) is 2.32. The Morgan fingerprint density at radius 2 is 1.52 bits per heavy atom. The Hall–Kier alpha value is -3.05. The molecule has 0 atom stereocenters. The largest absolute Gasteiger partial charge is 0.467 e. The van der Waals surface area contributed by atoms with Crippen molar-refractivity contribution in [1.82, 2.24) is 5.32 Å². The van der Waals surface area contributed by atoms with E-state index in [2.05, 4.69) is 10.6 Å². The number of furan rings is 1. The van der Waals surface area contributed by atoms with E-state index in [1.807, 2.05) is 0 Å². The van der Waals surface area contributed by atoms with E-state index in [0.29, 0.717) is 34.1 Å². The summed E-state index contributed by atoms with van der Waals surface area (Å²) in [6.45, 7) is 0.310.